The van der Waals surface area contributed by atoms with Crippen LogP contribution < -0.4 is 5.73 Å². The number of likely N-dealkylation sites (tertiary alicyclic amines) is 1. The van der Waals surface area contributed by atoms with Crippen molar-refractivity contribution in [3.63, 3.8) is 0 Å². The minimum absolute atomic E-state index is 0.0405. The minimum atomic E-state index is -0.251. The van der Waals surface area contributed by atoms with Crippen molar-refractivity contribution in [2.24, 2.45) is 11.7 Å². The molecular formula is C22H26N2O2. The van der Waals surface area contributed by atoms with Crippen molar-refractivity contribution < 1.29 is 9.59 Å². The van der Waals surface area contributed by atoms with Crippen LogP contribution in [0.15, 0.2) is 54.6 Å². The topological polar surface area (TPSA) is 63.4 Å². The number of benzene rings is 2. The minimum Gasteiger partial charge on any atom is -0.369 e. The predicted molar refractivity (Wildman–Crippen MR) is 103 cm³/mol. The Kier molecular flexibility index (Phi) is 5.71. The van der Waals surface area contributed by atoms with Gasteiger partial charge in [-0.05, 0) is 36.5 Å². The molecule has 0 spiro atoms. The molecule has 1 atom stereocenters. The van der Waals surface area contributed by atoms with E-state index in [4.69, 9.17) is 5.73 Å². The summed E-state index contributed by atoms with van der Waals surface area (Å²) >= 11 is 0. The Balaban J connectivity index is 1.78. The summed E-state index contributed by atoms with van der Waals surface area (Å²) in [5.41, 5.74) is 8.94. The monoisotopic (exact) mass is 350 g/mol. The Labute approximate surface area is 155 Å². The van der Waals surface area contributed by atoms with E-state index in [-0.39, 0.29) is 23.7 Å². The maximum atomic E-state index is 13.0. The van der Waals surface area contributed by atoms with E-state index >= 15 is 0 Å². The van der Waals surface area contributed by atoms with Crippen molar-refractivity contribution >= 4 is 11.8 Å². The van der Waals surface area contributed by atoms with Gasteiger partial charge in [-0.1, -0.05) is 54.6 Å². The first-order chi connectivity index (χ1) is 12.6. The molecule has 4 nitrogen and oxygen atoms in total. The first kappa shape index (κ1) is 18.2. The highest BCUT2D eigenvalue weighted by molar-refractivity contribution is 5.79. The third kappa shape index (κ3) is 4.13. The highest BCUT2D eigenvalue weighted by Gasteiger charge is 2.28. The molecule has 4 heteroatoms. The van der Waals surface area contributed by atoms with Gasteiger partial charge in [0.25, 0.3) is 0 Å². The Hall–Kier alpha value is -2.62. The Bertz CT molecular complexity index is 765. The number of carbonyl (C=O) groups excluding carboxylic acids is 2. The zero-order chi connectivity index (χ0) is 18.5. The van der Waals surface area contributed by atoms with Gasteiger partial charge in [0.2, 0.25) is 11.8 Å². The van der Waals surface area contributed by atoms with Crippen molar-refractivity contribution in [2.45, 2.75) is 32.1 Å². The number of aryl methyl sites for hydroxylation is 1. The molecule has 2 aromatic carbocycles. The van der Waals surface area contributed by atoms with Crippen molar-refractivity contribution in [1.82, 2.24) is 4.90 Å². The van der Waals surface area contributed by atoms with Crippen LogP contribution in [-0.4, -0.2) is 29.8 Å². The zero-order valence-corrected chi connectivity index (χ0v) is 15.2. The Morgan fingerprint density at radius 1 is 1.04 bits per heavy atom. The smallest absolute Gasteiger partial charge is 0.223 e. The van der Waals surface area contributed by atoms with E-state index in [1.54, 1.807) is 0 Å². The summed E-state index contributed by atoms with van der Waals surface area (Å²) in [6, 6.07) is 18.5. The van der Waals surface area contributed by atoms with Crippen LogP contribution >= 0.6 is 0 Å². The first-order valence-corrected chi connectivity index (χ1v) is 9.24. The molecule has 2 amide bonds. The molecule has 1 aliphatic rings. The second-order valence-corrected chi connectivity index (χ2v) is 7.08. The van der Waals surface area contributed by atoms with Crippen LogP contribution in [-0.2, 0) is 9.59 Å². The molecule has 0 bridgehead atoms. The van der Waals surface area contributed by atoms with Crippen LogP contribution in [0, 0.1) is 12.8 Å². The number of amides is 2. The number of rotatable bonds is 5. The lowest BCUT2D eigenvalue weighted by atomic mass is 9.85. The van der Waals surface area contributed by atoms with Crippen LogP contribution in [0.3, 0.4) is 0 Å². The van der Waals surface area contributed by atoms with Crippen LogP contribution in [0.25, 0.3) is 0 Å². The largest absolute Gasteiger partial charge is 0.369 e. The Morgan fingerprint density at radius 2 is 1.65 bits per heavy atom. The molecular weight excluding hydrogens is 324 g/mol. The molecule has 1 fully saturated rings. The molecule has 1 unspecified atom stereocenters. The summed E-state index contributed by atoms with van der Waals surface area (Å²) in [5, 5.41) is 0. The van der Waals surface area contributed by atoms with Crippen LogP contribution in [0.5, 0.6) is 0 Å². The molecule has 2 N–H and O–H groups in total. The van der Waals surface area contributed by atoms with E-state index in [2.05, 4.69) is 31.2 Å². The average Bonchev–Trinajstić information content (AvgIpc) is 2.67. The quantitative estimate of drug-likeness (QED) is 0.900. The maximum absolute atomic E-state index is 13.0. The van der Waals surface area contributed by atoms with E-state index < -0.39 is 0 Å². The van der Waals surface area contributed by atoms with Gasteiger partial charge >= 0.3 is 0 Å². The van der Waals surface area contributed by atoms with Gasteiger partial charge in [0.1, 0.15) is 0 Å². The highest BCUT2D eigenvalue weighted by atomic mass is 16.2. The van der Waals surface area contributed by atoms with E-state index in [0.29, 0.717) is 32.4 Å². The molecule has 0 radical (unpaired) electrons. The third-order valence-electron chi connectivity index (χ3n) is 5.39. The summed E-state index contributed by atoms with van der Waals surface area (Å²) in [4.78, 5) is 26.2. The average molecular weight is 350 g/mol. The van der Waals surface area contributed by atoms with E-state index in [9.17, 15) is 9.59 Å². The van der Waals surface area contributed by atoms with Gasteiger partial charge in [0.05, 0.1) is 0 Å². The fourth-order valence-corrected chi connectivity index (χ4v) is 3.79. The van der Waals surface area contributed by atoms with Gasteiger partial charge in [0, 0.05) is 31.3 Å². The number of nitrogens with two attached hydrogens (primary N) is 1. The first-order valence-electron chi connectivity index (χ1n) is 9.24. The van der Waals surface area contributed by atoms with Crippen molar-refractivity contribution in [3.8, 4) is 0 Å². The van der Waals surface area contributed by atoms with E-state index in [1.165, 1.54) is 11.1 Å². The normalized spacial score (nSPS) is 16.3. The molecule has 0 aliphatic carbocycles. The summed E-state index contributed by atoms with van der Waals surface area (Å²) < 4.78 is 0. The van der Waals surface area contributed by atoms with Gasteiger partial charge in [-0.15, -0.1) is 0 Å². The lowest BCUT2D eigenvalue weighted by Crippen LogP contribution is -2.42. The number of piperidine rings is 1. The SMILES string of the molecule is Cc1ccccc1C(CC(=O)N1CCC(C(N)=O)CC1)c1ccccc1. The molecule has 26 heavy (non-hydrogen) atoms. The standard InChI is InChI=1S/C22H26N2O2/c1-16-7-5-6-10-19(16)20(17-8-3-2-4-9-17)15-21(25)24-13-11-18(12-14-24)22(23)26/h2-10,18,20H,11-15H2,1H3,(H2,23,26). The number of carbonyl (C=O) groups is 2. The fourth-order valence-electron chi connectivity index (χ4n) is 3.79. The summed E-state index contributed by atoms with van der Waals surface area (Å²) in [7, 11) is 0. The molecule has 1 heterocycles. The van der Waals surface area contributed by atoms with Gasteiger partial charge in [0.15, 0.2) is 0 Å². The molecule has 2 aromatic rings. The molecule has 3 rings (SSSR count). The summed E-state index contributed by atoms with van der Waals surface area (Å²) in [6.45, 7) is 3.32. The molecule has 136 valence electrons. The predicted octanol–water partition coefficient (Wildman–Crippen LogP) is 3.24. The number of hydrogen-bond acceptors (Lipinski definition) is 2. The highest BCUT2D eigenvalue weighted by Crippen LogP contribution is 2.31. The van der Waals surface area contributed by atoms with Gasteiger partial charge < -0.3 is 10.6 Å². The van der Waals surface area contributed by atoms with Crippen LogP contribution in [0.4, 0.5) is 0 Å². The van der Waals surface area contributed by atoms with Crippen molar-refractivity contribution in [3.05, 3.63) is 71.3 Å². The lowest BCUT2D eigenvalue weighted by Gasteiger charge is -2.32. The van der Waals surface area contributed by atoms with Gasteiger partial charge in [-0.25, -0.2) is 0 Å². The zero-order valence-electron chi connectivity index (χ0n) is 15.2. The molecule has 0 saturated carbocycles. The van der Waals surface area contributed by atoms with Crippen LogP contribution in [0.2, 0.25) is 0 Å². The molecule has 1 saturated heterocycles. The number of hydrogen-bond donors (Lipinski definition) is 1. The van der Waals surface area contributed by atoms with Gasteiger partial charge in [-0.3, -0.25) is 9.59 Å². The summed E-state index contributed by atoms with van der Waals surface area (Å²) in [5.74, 6) is -0.164. The van der Waals surface area contributed by atoms with E-state index in [1.807, 2.05) is 35.2 Å². The number of primary amides is 1. The Morgan fingerprint density at radius 3 is 2.27 bits per heavy atom. The second kappa shape index (κ2) is 8.17. The summed E-state index contributed by atoms with van der Waals surface area (Å²) in [6.07, 6.45) is 1.78. The molecule has 1 aliphatic heterocycles. The van der Waals surface area contributed by atoms with Crippen molar-refractivity contribution in [2.75, 3.05) is 13.1 Å². The van der Waals surface area contributed by atoms with E-state index in [0.717, 1.165) is 5.56 Å². The lowest BCUT2D eigenvalue weighted by molar-refractivity contribution is -0.135. The maximum Gasteiger partial charge on any atom is 0.223 e. The number of nitrogens with zero attached hydrogens (tertiary/aromatic N) is 1. The molecule has 0 aromatic heterocycles. The van der Waals surface area contributed by atoms with Crippen molar-refractivity contribution in [1.29, 1.82) is 0 Å². The van der Waals surface area contributed by atoms with Gasteiger partial charge in [-0.2, -0.15) is 0 Å². The third-order valence-corrected chi connectivity index (χ3v) is 5.39. The van der Waals surface area contributed by atoms with Crippen LogP contribution in [0.1, 0.15) is 41.9 Å². The fraction of sp³-hybridized carbons (Fsp3) is 0.364. The second-order valence-electron chi connectivity index (χ2n) is 7.08.